The number of aromatic carboxylic acids is 1. The minimum Gasteiger partial charge on any atom is -0.478 e. The Morgan fingerprint density at radius 3 is 2.63 bits per heavy atom. The van der Waals surface area contributed by atoms with Crippen LogP contribution in [0.1, 0.15) is 10.4 Å². The summed E-state index contributed by atoms with van der Waals surface area (Å²) < 4.78 is 32.0. The van der Waals surface area contributed by atoms with E-state index in [-0.39, 0.29) is 17.1 Å². The first kappa shape index (κ1) is 13.5. The number of benzene rings is 2. The lowest BCUT2D eigenvalue weighted by atomic mass is 10.2. The molecule has 0 atom stereocenters. The molecule has 0 fully saturated rings. The molecule has 2 aromatic rings. The molecule has 0 saturated carbocycles. The van der Waals surface area contributed by atoms with Crippen LogP contribution in [0.5, 0.6) is 11.5 Å². The summed E-state index contributed by atoms with van der Waals surface area (Å²) in [5.41, 5.74) is -0.0267. The molecule has 98 valence electrons. The van der Waals surface area contributed by atoms with E-state index in [1.165, 1.54) is 30.3 Å². The lowest BCUT2D eigenvalue weighted by molar-refractivity contribution is 0.0696. The molecule has 0 saturated heterocycles. The molecule has 19 heavy (non-hydrogen) atoms. The SMILES string of the molecule is O=C(O)c1cc(Br)cc(Oc2cccc(F)c2F)c1. The molecule has 0 unspecified atom stereocenters. The van der Waals surface area contributed by atoms with E-state index in [9.17, 15) is 13.6 Å². The molecule has 3 nitrogen and oxygen atoms in total. The van der Waals surface area contributed by atoms with Gasteiger partial charge in [-0.1, -0.05) is 22.0 Å². The van der Waals surface area contributed by atoms with Gasteiger partial charge in [0.25, 0.3) is 0 Å². The molecule has 0 bridgehead atoms. The lowest BCUT2D eigenvalue weighted by Gasteiger charge is -2.08. The Hall–Kier alpha value is -1.95. The Bertz CT molecular complexity index is 644. The largest absolute Gasteiger partial charge is 0.478 e. The number of carboxylic acids is 1. The second-order valence-corrected chi connectivity index (χ2v) is 4.55. The standard InChI is InChI=1S/C13H7BrF2O3/c14-8-4-7(13(17)18)5-9(6-8)19-11-3-1-2-10(15)12(11)16/h1-6H,(H,17,18). The summed E-state index contributed by atoms with van der Waals surface area (Å²) in [5.74, 6) is -3.53. The number of carbonyl (C=O) groups is 1. The van der Waals surface area contributed by atoms with Crippen molar-refractivity contribution in [3.8, 4) is 11.5 Å². The maximum Gasteiger partial charge on any atom is 0.335 e. The molecule has 2 aromatic carbocycles. The summed E-state index contributed by atoms with van der Waals surface area (Å²) in [5, 5.41) is 8.89. The second kappa shape index (κ2) is 5.36. The number of rotatable bonds is 3. The van der Waals surface area contributed by atoms with Crippen molar-refractivity contribution in [3.05, 3.63) is 58.1 Å². The van der Waals surface area contributed by atoms with E-state index >= 15 is 0 Å². The van der Waals surface area contributed by atoms with Crippen LogP contribution in [0.3, 0.4) is 0 Å². The summed E-state index contributed by atoms with van der Waals surface area (Å²) in [6.45, 7) is 0. The van der Waals surface area contributed by atoms with Gasteiger partial charge in [0.05, 0.1) is 5.56 Å². The van der Waals surface area contributed by atoms with E-state index < -0.39 is 17.6 Å². The summed E-state index contributed by atoms with van der Waals surface area (Å²) in [7, 11) is 0. The first-order chi connectivity index (χ1) is 8.97. The monoisotopic (exact) mass is 328 g/mol. The number of halogens is 3. The third-order valence-corrected chi connectivity index (χ3v) is 2.72. The molecular formula is C13H7BrF2O3. The summed E-state index contributed by atoms with van der Waals surface area (Å²) in [6.07, 6.45) is 0. The first-order valence-corrected chi connectivity index (χ1v) is 5.92. The lowest BCUT2D eigenvalue weighted by Crippen LogP contribution is -1.97. The Morgan fingerprint density at radius 2 is 1.95 bits per heavy atom. The average molecular weight is 329 g/mol. The highest BCUT2D eigenvalue weighted by Gasteiger charge is 2.12. The molecule has 0 aliphatic heterocycles. The highest BCUT2D eigenvalue weighted by molar-refractivity contribution is 9.10. The first-order valence-electron chi connectivity index (χ1n) is 5.13. The second-order valence-electron chi connectivity index (χ2n) is 3.63. The number of hydrogen-bond acceptors (Lipinski definition) is 2. The van der Waals surface area contributed by atoms with Crippen LogP contribution in [0.4, 0.5) is 8.78 Å². The molecule has 0 aliphatic carbocycles. The zero-order chi connectivity index (χ0) is 14.0. The highest BCUT2D eigenvalue weighted by atomic mass is 79.9. The maximum absolute atomic E-state index is 13.4. The zero-order valence-corrected chi connectivity index (χ0v) is 10.9. The van der Waals surface area contributed by atoms with Crippen molar-refractivity contribution in [2.75, 3.05) is 0 Å². The van der Waals surface area contributed by atoms with Crippen LogP contribution in [-0.2, 0) is 0 Å². The van der Waals surface area contributed by atoms with Gasteiger partial charge >= 0.3 is 5.97 Å². The van der Waals surface area contributed by atoms with Gasteiger partial charge in [-0.2, -0.15) is 4.39 Å². The Balaban J connectivity index is 2.38. The van der Waals surface area contributed by atoms with Gasteiger partial charge in [0.2, 0.25) is 5.82 Å². The van der Waals surface area contributed by atoms with Crippen molar-refractivity contribution in [1.82, 2.24) is 0 Å². The van der Waals surface area contributed by atoms with Gasteiger partial charge in [-0.05, 0) is 30.3 Å². The Kier molecular flexibility index (Phi) is 3.80. The average Bonchev–Trinajstić information content (AvgIpc) is 2.34. The van der Waals surface area contributed by atoms with Gasteiger partial charge in [-0.3, -0.25) is 0 Å². The van der Waals surface area contributed by atoms with E-state index in [2.05, 4.69) is 15.9 Å². The molecule has 0 radical (unpaired) electrons. The van der Waals surface area contributed by atoms with Gasteiger partial charge < -0.3 is 9.84 Å². The van der Waals surface area contributed by atoms with E-state index in [1.807, 2.05) is 0 Å². The smallest absolute Gasteiger partial charge is 0.335 e. The summed E-state index contributed by atoms with van der Waals surface area (Å²) >= 11 is 3.12. The van der Waals surface area contributed by atoms with Crippen molar-refractivity contribution in [2.24, 2.45) is 0 Å². The maximum atomic E-state index is 13.4. The van der Waals surface area contributed by atoms with Crippen molar-refractivity contribution in [3.63, 3.8) is 0 Å². The van der Waals surface area contributed by atoms with Crippen LogP contribution in [0.25, 0.3) is 0 Å². The topological polar surface area (TPSA) is 46.5 Å². The number of hydrogen-bond donors (Lipinski definition) is 1. The molecule has 0 spiro atoms. The number of carboxylic acid groups (broad SMARTS) is 1. The van der Waals surface area contributed by atoms with E-state index in [0.717, 1.165) is 6.07 Å². The van der Waals surface area contributed by atoms with Gasteiger partial charge in [0, 0.05) is 4.47 Å². The quantitative estimate of drug-likeness (QED) is 0.917. The minimum absolute atomic E-state index is 0.0267. The van der Waals surface area contributed by atoms with Crippen LogP contribution in [0.15, 0.2) is 40.9 Å². The molecule has 0 aromatic heterocycles. The van der Waals surface area contributed by atoms with Gasteiger partial charge in [-0.15, -0.1) is 0 Å². The predicted octanol–water partition coefficient (Wildman–Crippen LogP) is 4.22. The summed E-state index contributed by atoms with van der Waals surface area (Å²) in [6, 6.07) is 7.56. The van der Waals surface area contributed by atoms with Crippen LogP contribution >= 0.6 is 15.9 Å². The van der Waals surface area contributed by atoms with Crippen LogP contribution in [0.2, 0.25) is 0 Å². The fourth-order valence-corrected chi connectivity index (χ4v) is 1.91. The Labute approximate surface area is 115 Å². The predicted molar refractivity (Wildman–Crippen MR) is 67.5 cm³/mol. The van der Waals surface area contributed by atoms with Gasteiger partial charge in [-0.25, -0.2) is 9.18 Å². The van der Waals surface area contributed by atoms with E-state index in [4.69, 9.17) is 9.84 Å². The van der Waals surface area contributed by atoms with Crippen molar-refractivity contribution >= 4 is 21.9 Å². The third-order valence-electron chi connectivity index (χ3n) is 2.26. The van der Waals surface area contributed by atoms with E-state index in [0.29, 0.717) is 4.47 Å². The number of ether oxygens (including phenoxy) is 1. The fourth-order valence-electron chi connectivity index (χ4n) is 1.43. The van der Waals surface area contributed by atoms with Crippen molar-refractivity contribution in [2.45, 2.75) is 0 Å². The van der Waals surface area contributed by atoms with Crippen molar-refractivity contribution in [1.29, 1.82) is 0 Å². The summed E-state index contributed by atoms with van der Waals surface area (Å²) in [4.78, 5) is 10.9. The van der Waals surface area contributed by atoms with Crippen LogP contribution < -0.4 is 4.74 Å². The molecule has 6 heteroatoms. The Morgan fingerprint density at radius 1 is 1.21 bits per heavy atom. The molecule has 2 rings (SSSR count). The normalized spacial score (nSPS) is 10.3. The van der Waals surface area contributed by atoms with Crippen LogP contribution in [0, 0.1) is 11.6 Å². The van der Waals surface area contributed by atoms with Crippen molar-refractivity contribution < 1.29 is 23.4 Å². The zero-order valence-electron chi connectivity index (χ0n) is 9.36. The molecule has 1 N–H and O–H groups in total. The minimum atomic E-state index is -1.15. The highest BCUT2D eigenvalue weighted by Crippen LogP contribution is 2.29. The molecule has 0 amide bonds. The molecule has 0 heterocycles. The third kappa shape index (κ3) is 3.08. The van der Waals surface area contributed by atoms with E-state index in [1.54, 1.807) is 0 Å². The van der Waals surface area contributed by atoms with Gasteiger partial charge in [0.15, 0.2) is 11.6 Å². The fraction of sp³-hybridized carbons (Fsp3) is 0. The van der Waals surface area contributed by atoms with Crippen LogP contribution in [-0.4, -0.2) is 11.1 Å². The molecule has 0 aliphatic rings. The molecular weight excluding hydrogens is 322 g/mol. The van der Waals surface area contributed by atoms with Gasteiger partial charge in [0.1, 0.15) is 5.75 Å².